The Morgan fingerprint density at radius 3 is 2.53 bits per heavy atom. The Bertz CT molecular complexity index is 223. The molecule has 1 fully saturated rings. The fourth-order valence-corrected chi connectivity index (χ4v) is 2.43. The third-order valence-corrected chi connectivity index (χ3v) is 3.32. The Kier molecular flexibility index (Phi) is 7.21. The molecule has 0 amide bonds. The topological polar surface area (TPSA) is 59.6 Å². The van der Waals surface area contributed by atoms with Gasteiger partial charge in [-0.25, -0.2) is 5.84 Å². The minimum absolute atomic E-state index is 0.459. The summed E-state index contributed by atoms with van der Waals surface area (Å²) in [7, 11) is 1.73. The first-order valence-corrected chi connectivity index (χ1v) is 6.78. The Morgan fingerprint density at radius 1 is 1.35 bits per heavy atom. The highest BCUT2D eigenvalue weighted by Crippen LogP contribution is 2.20. The molecule has 1 saturated carbocycles. The highest BCUT2D eigenvalue weighted by atomic mass is 16.5. The molecule has 0 heterocycles. The highest BCUT2D eigenvalue weighted by molar-refractivity contribution is 5.81. The summed E-state index contributed by atoms with van der Waals surface area (Å²) in [5, 5.41) is 0. The van der Waals surface area contributed by atoms with Crippen LogP contribution >= 0.6 is 0 Å². The monoisotopic (exact) mass is 241 g/mol. The lowest BCUT2D eigenvalue weighted by Gasteiger charge is -2.15. The average molecular weight is 241 g/mol. The zero-order chi connectivity index (χ0) is 12.5. The van der Waals surface area contributed by atoms with Crippen molar-refractivity contribution in [3.63, 3.8) is 0 Å². The van der Waals surface area contributed by atoms with E-state index in [0.29, 0.717) is 12.0 Å². The molecule has 0 bridgehead atoms. The number of hydrogen-bond acceptors (Lipinski definition) is 3. The molecule has 1 aliphatic carbocycles. The van der Waals surface area contributed by atoms with Gasteiger partial charge in [-0.15, -0.1) is 0 Å². The van der Waals surface area contributed by atoms with E-state index in [1.165, 1.54) is 38.5 Å². The zero-order valence-corrected chi connectivity index (χ0v) is 11.2. The van der Waals surface area contributed by atoms with Crippen LogP contribution in [-0.4, -0.2) is 25.6 Å². The molecule has 17 heavy (non-hydrogen) atoms. The molecule has 1 rings (SSSR count). The molecular weight excluding hydrogens is 214 g/mol. The van der Waals surface area contributed by atoms with Crippen molar-refractivity contribution in [1.29, 1.82) is 0 Å². The van der Waals surface area contributed by atoms with Gasteiger partial charge in [0.25, 0.3) is 0 Å². The summed E-state index contributed by atoms with van der Waals surface area (Å²) in [6.07, 6.45) is 8.63. The van der Waals surface area contributed by atoms with Crippen molar-refractivity contribution >= 4 is 5.84 Å². The second kappa shape index (κ2) is 8.48. The molecule has 0 aliphatic heterocycles. The minimum Gasteiger partial charge on any atom is -0.384 e. The maximum Gasteiger partial charge on any atom is 0.111 e. The number of nitrogens with zero attached hydrogens (tertiary/aromatic N) is 1. The van der Waals surface area contributed by atoms with Crippen LogP contribution in [0, 0.1) is 5.92 Å². The molecule has 0 radical (unpaired) electrons. The van der Waals surface area contributed by atoms with E-state index in [1.54, 1.807) is 7.11 Å². The van der Waals surface area contributed by atoms with Crippen molar-refractivity contribution in [3.8, 4) is 0 Å². The summed E-state index contributed by atoms with van der Waals surface area (Å²) in [6.45, 7) is 2.91. The molecule has 0 saturated heterocycles. The maximum atomic E-state index is 5.55. The van der Waals surface area contributed by atoms with Gasteiger partial charge in [0.15, 0.2) is 0 Å². The van der Waals surface area contributed by atoms with Crippen LogP contribution in [0.5, 0.6) is 0 Å². The van der Waals surface area contributed by atoms with E-state index >= 15 is 0 Å². The van der Waals surface area contributed by atoms with Crippen LogP contribution in [0.2, 0.25) is 0 Å². The van der Waals surface area contributed by atoms with Gasteiger partial charge in [-0.2, -0.15) is 0 Å². The van der Waals surface area contributed by atoms with Gasteiger partial charge in [-0.3, -0.25) is 4.99 Å². The number of hydrogen-bond donors (Lipinski definition) is 2. The Morgan fingerprint density at radius 2 is 2.00 bits per heavy atom. The summed E-state index contributed by atoms with van der Waals surface area (Å²) in [4.78, 5) is 4.76. The van der Waals surface area contributed by atoms with Crippen molar-refractivity contribution in [2.24, 2.45) is 16.8 Å². The molecule has 1 unspecified atom stereocenters. The van der Waals surface area contributed by atoms with Crippen molar-refractivity contribution in [2.45, 2.75) is 57.9 Å². The fraction of sp³-hybridized carbons (Fsp3) is 0.923. The van der Waals surface area contributed by atoms with Gasteiger partial charge >= 0.3 is 0 Å². The summed E-state index contributed by atoms with van der Waals surface area (Å²) < 4.78 is 5.14. The summed E-state index contributed by atoms with van der Waals surface area (Å²) >= 11 is 0. The van der Waals surface area contributed by atoms with Crippen LogP contribution in [0.15, 0.2) is 4.99 Å². The third kappa shape index (κ3) is 6.03. The largest absolute Gasteiger partial charge is 0.384 e. The predicted molar refractivity (Wildman–Crippen MR) is 71.9 cm³/mol. The van der Waals surface area contributed by atoms with Gasteiger partial charge in [-0.05, 0) is 18.8 Å². The first-order valence-electron chi connectivity index (χ1n) is 6.78. The van der Waals surface area contributed by atoms with Crippen LogP contribution in [-0.2, 0) is 4.74 Å². The number of methoxy groups -OCH3 is 1. The molecule has 0 spiro atoms. The number of ether oxygens (including phenoxy) is 1. The number of aliphatic imine (C=N–C) groups is 1. The zero-order valence-electron chi connectivity index (χ0n) is 11.2. The molecule has 0 aromatic carbocycles. The second-order valence-corrected chi connectivity index (χ2v) is 5.13. The van der Waals surface area contributed by atoms with Crippen LogP contribution in [0.25, 0.3) is 0 Å². The summed E-state index contributed by atoms with van der Waals surface area (Å²) in [5.74, 6) is 6.94. The number of nitrogens with two attached hydrogens (primary N) is 1. The molecule has 3 N–H and O–H groups in total. The van der Waals surface area contributed by atoms with Gasteiger partial charge in [0.2, 0.25) is 0 Å². The van der Waals surface area contributed by atoms with Crippen molar-refractivity contribution in [1.82, 2.24) is 5.43 Å². The molecule has 4 nitrogen and oxygen atoms in total. The van der Waals surface area contributed by atoms with Gasteiger partial charge in [0.1, 0.15) is 5.84 Å². The van der Waals surface area contributed by atoms with E-state index in [4.69, 9.17) is 15.6 Å². The summed E-state index contributed by atoms with van der Waals surface area (Å²) in [6, 6.07) is 0.471. The van der Waals surface area contributed by atoms with E-state index in [2.05, 4.69) is 12.3 Å². The molecule has 100 valence electrons. The van der Waals surface area contributed by atoms with E-state index < -0.39 is 0 Å². The normalized spacial score (nSPS) is 21.0. The molecule has 0 aromatic heterocycles. The summed E-state index contributed by atoms with van der Waals surface area (Å²) in [5.41, 5.74) is 2.75. The van der Waals surface area contributed by atoms with E-state index in [-0.39, 0.29) is 0 Å². The third-order valence-electron chi connectivity index (χ3n) is 3.32. The lowest BCUT2D eigenvalue weighted by atomic mass is 10.1. The van der Waals surface area contributed by atoms with Crippen molar-refractivity contribution < 1.29 is 4.74 Å². The van der Waals surface area contributed by atoms with Crippen LogP contribution in [0.4, 0.5) is 0 Å². The fourth-order valence-electron chi connectivity index (χ4n) is 2.43. The van der Waals surface area contributed by atoms with Gasteiger partial charge in [-0.1, -0.05) is 32.6 Å². The van der Waals surface area contributed by atoms with Crippen LogP contribution in [0.3, 0.4) is 0 Å². The van der Waals surface area contributed by atoms with Gasteiger partial charge in [0, 0.05) is 20.1 Å². The molecule has 0 aromatic rings. The van der Waals surface area contributed by atoms with Crippen LogP contribution in [0.1, 0.15) is 51.9 Å². The number of nitrogens with one attached hydrogen (secondary N) is 1. The second-order valence-electron chi connectivity index (χ2n) is 5.13. The first-order chi connectivity index (χ1) is 8.26. The first kappa shape index (κ1) is 14.5. The van der Waals surface area contributed by atoms with E-state index in [1.807, 2.05) is 0 Å². The number of rotatable bonds is 5. The van der Waals surface area contributed by atoms with Crippen molar-refractivity contribution in [3.05, 3.63) is 0 Å². The Hall–Kier alpha value is -0.610. The van der Waals surface area contributed by atoms with E-state index in [0.717, 1.165) is 18.9 Å². The predicted octanol–water partition coefficient (Wildman–Crippen LogP) is 2.24. The molecule has 1 atom stereocenters. The maximum absolute atomic E-state index is 5.55. The average Bonchev–Trinajstić information content (AvgIpc) is 2.57. The standard InChI is InChI=1S/C13H27N3O/c1-11(10-17-2)9-13(16-14)15-12-7-5-3-4-6-8-12/h11-12H,3-10,14H2,1-2H3,(H,15,16). The molecule has 1 aliphatic rings. The minimum atomic E-state index is 0.459. The van der Waals surface area contributed by atoms with E-state index in [9.17, 15) is 0 Å². The Labute approximate surface area is 105 Å². The quantitative estimate of drug-likeness (QED) is 0.255. The Balaban J connectivity index is 2.45. The van der Waals surface area contributed by atoms with Crippen molar-refractivity contribution in [2.75, 3.05) is 13.7 Å². The van der Waals surface area contributed by atoms with Gasteiger partial charge in [0.05, 0.1) is 6.04 Å². The lowest BCUT2D eigenvalue weighted by Crippen LogP contribution is -2.33. The van der Waals surface area contributed by atoms with Crippen LogP contribution < -0.4 is 11.3 Å². The molecular formula is C13H27N3O. The van der Waals surface area contributed by atoms with Gasteiger partial charge < -0.3 is 10.2 Å². The number of hydrazine groups is 1. The molecule has 4 heteroatoms. The smallest absolute Gasteiger partial charge is 0.111 e. The SMILES string of the molecule is COCC(C)CC(=NC1CCCCCC1)NN. The highest BCUT2D eigenvalue weighted by Gasteiger charge is 2.13. The number of amidine groups is 1. The lowest BCUT2D eigenvalue weighted by molar-refractivity contribution is 0.162.